The summed E-state index contributed by atoms with van der Waals surface area (Å²) in [5, 5.41) is 10.7. The minimum Gasteiger partial charge on any atom is -0.494 e. The standard InChI is InChI=1S/C25H25NO4/c1-17(27)26-14-13-19-9-5-6-10-20(19)22(26)15-23(28)21-16-30-24(25(21)29)12-11-18-7-3-2-4-8-18/h2-10,13-14,16,22,24-25,29H,11-12,15H2,1H3. The number of aryl methyl sites for hydroxylation is 1. The number of hydrogen-bond acceptors (Lipinski definition) is 4. The Bertz CT molecular complexity index is 995. The first kappa shape index (κ1) is 20.1. The van der Waals surface area contributed by atoms with Crippen LogP contribution in [0.4, 0.5) is 0 Å². The van der Waals surface area contributed by atoms with E-state index in [4.69, 9.17) is 4.74 Å². The van der Waals surface area contributed by atoms with E-state index in [2.05, 4.69) is 0 Å². The molecule has 2 aromatic carbocycles. The summed E-state index contributed by atoms with van der Waals surface area (Å²) in [5.41, 5.74) is 3.36. The third-order valence-electron chi connectivity index (χ3n) is 5.77. The van der Waals surface area contributed by atoms with E-state index in [-0.39, 0.29) is 23.7 Å². The third kappa shape index (κ3) is 4.07. The van der Waals surface area contributed by atoms with Crippen molar-refractivity contribution in [2.75, 3.05) is 0 Å². The molecule has 30 heavy (non-hydrogen) atoms. The summed E-state index contributed by atoms with van der Waals surface area (Å²) in [6.45, 7) is 1.49. The predicted molar refractivity (Wildman–Crippen MR) is 114 cm³/mol. The van der Waals surface area contributed by atoms with Gasteiger partial charge in [0.2, 0.25) is 5.91 Å². The number of aliphatic hydroxyl groups excluding tert-OH is 1. The van der Waals surface area contributed by atoms with Crippen LogP contribution < -0.4 is 0 Å². The van der Waals surface area contributed by atoms with Crippen molar-refractivity contribution in [1.29, 1.82) is 0 Å². The van der Waals surface area contributed by atoms with Crippen molar-refractivity contribution in [1.82, 2.24) is 4.90 Å². The lowest BCUT2D eigenvalue weighted by Crippen LogP contribution is -2.34. The first-order valence-electron chi connectivity index (χ1n) is 10.2. The normalized spacial score (nSPS) is 22.3. The smallest absolute Gasteiger partial charge is 0.223 e. The molecule has 5 heteroatoms. The van der Waals surface area contributed by atoms with Crippen LogP contribution in [0.2, 0.25) is 0 Å². The number of carbonyl (C=O) groups is 2. The van der Waals surface area contributed by atoms with Gasteiger partial charge in [-0.3, -0.25) is 9.59 Å². The molecule has 3 unspecified atom stereocenters. The Labute approximate surface area is 176 Å². The molecule has 0 bridgehead atoms. The van der Waals surface area contributed by atoms with Crippen LogP contribution in [0.25, 0.3) is 6.08 Å². The molecule has 0 aromatic heterocycles. The zero-order valence-corrected chi connectivity index (χ0v) is 16.9. The number of hydrogen-bond donors (Lipinski definition) is 1. The minimum atomic E-state index is -0.957. The summed E-state index contributed by atoms with van der Waals surface area (Å²) < 4.78 is 5.63. The first-order valence-corrected chi connectivity index (χ1v) is 10.2. The maximum Gasteiger partial charge on any atom is 0.223 e. The number of ether oxygens (including phenoxy) is 1. The monoisotopic (exact) mass is 403 g/mol. The Morgan fingerprint density at radius 3 is 2.57 bits per heavy atom. The number of rotatable bonds is 6. The van der Waals surface area contributed by atoms with Gasteiger partial charge in [0.05, 0.1) is 17.9 Å². The van der Waals surface area contributed by atoms with E-state index in [0.29, 0.717) is 6.42 Å². The number of ketones is 1. The van der Waals surface area contributed by atoms with Gasteiger partial charge < -0.3 is 14.7 Å². The van der Waals surface area contributed by atoms with Gasteiger partial charge in [0.1, 0.15) is 12.2 Å². The zero-order valence-electron chi connectivity index (χ0n) is 16.9. The van der Waals surface area contributed by atoms with Crippen molar-refractivity contribution in [3.05, 3.63) is 89.3 Å². The average Bonchev–Trinajstić information content (AvgIpc) is 3.13. The van der Waals surface area contributed by atoms with Crippen molar-refractivity contribution in [2.45, 2.75) is 44.4 Å². The van der Waals surface area contributed by atoms with Gasteiger partial charge in [0.15, 0.2) is 5.78 Å². The van der Waals surface area contributed by atoms with Gasteiger partial charge in [-0.1, -0.05) is 54.6 Å². The molecule has 2 aromatic rings. The van der Waals surface area contributed by atoms with Gasteiger partial charge in [-0.15, -0.1) is 0 Å². The molecule has 0 saturated carbocycles. The summed E-state index contributed by atoms with van der Waals surface area (Å²) >= 11 is 0. The average molecular weight is 403 g/mol. The second-order valence-electron chi connectivity index (χ2n) is 7.73. The number of nitrogens with zero attached hydrogens (tertiary/aromatic N) is 1. The maximum absolute atomic E-state index is 13.1. The summed E-state index contributed by atoms with van der Waals surface area (Å²) in [6.07, 6.45) is 5.08. The van der Waals surface area contributed by atoms with Crippen molar-refractivity contribution in [3.63, 3.8) is 0 Å². The van der Waals surface area contributed by atoms with Gasteiger partial charge in [0.25, 0.3) is 0 Å². The molecule has 0 radical (unpaired) electrons. The molecule has 1 amide bonds. The molecule has 5 nitrogen and oxygen atoms in total. The second kappa shape index (κ2) is 8.67. The molecule has 154 valence electrons. The highest BCUT2D eigenvalue weighted by Gasteiger charge is 2.36. The van der Waals surface area contributed by atoms with E-state index in [1.165, 1.54) is 13.2 Å². The summed E-state index contributed by atoms with van der Waals surface area (Å²) in [4.78, 5) is 26.8. The van der Waals surface area contributed by atoms with Crippen molar-refractivity contribution >= 4 is 17.8 Å². The Morgan fingerprint density at radius 2 is 1.80 bits per heavy atom. The van der Waals surface area contributed by atoms with Crippen LogP contribution in [0.5, 0.6) is 0 Å². The quantitative estimate of drug-likeness (QED) is 0.797. The van der Waals surface area contributed by atoms with Gasteiger partial charge in [-0.2, -0.15) is 0 Å². The third-order valence-corrected chi connectivity index (χ3v) is 5.77. The Morgan fingerprint density at radius 1 is 1.07 bits per heavy atom. The molecule has 1 N–H and O–H groups in total. The highest BCUT2D eigenvalue weighted by atomic mass is 16.5. The van der Waals surface area contributed by atoms with Crippen LogP contribution in [0.15, 0.2) is 72.6 Å². The summed E-state index contributed by atoms with van der Waals surface area (Å²) in [6, 6.07) is 17.3. The van der Waals surface area contributed by atoms with Gasteiger partial charge in [0, 0.05) is 19.5 Å². The van der Waals surface area contributed by atoms with E-state index < -0.39 is 18.2 Å². The maximum atomic E-state index is 13.1. The van der Waals surface area contributed by atoms with Crippen LogP contribution in [0, 0.1) is 0 Å². The second-order valence-corrected chi connectivity index (χ2v) is 7.73. The summed E-state index contributed by atoms with van der Waals surface area (Å²) in [5.74, 6) is -0.331. The predicted octanol–water partition coefficient (Wildman–Crippen LogP) is 3.80. The molecule has 2 aliphatic rings. The summed E-state index contributed by atoms with van der Waals surface area (Å²) in [7, 11) is 0. The van der Waals surface area contributed by atoms with E-state index >= 15 is 0 Å². The lowest BCUT2D eigenvalue weighted by molar-refractivity contribution is -0.129. The molecule has 3 atom stereocenters. The number of fused-ring (bicyclic) bond motifs is 1. The highest BCUT2D eigenvalue weighted by Crippen LogP contribution is 2.35. The van der Waals surface area contributed by atoms with Crippen LogP contribution >= 0.6 is 0 Å². The molecular formula is C25H25NO4. The molecule has 2 heterocycles. The van der Waals surface area contributed by atoms with E-state index in [9.17, 15) is 14.7 Å². The molecule has 0 fully saturated rings. The van der Waals surface area contributed by atoms with Gasteiger partial charge in [-0.25, -0.2) is 0 Å². The fraction of sp³-hybridized carbons (Fsp3) is 0.280. The molecule has 0 aliphatic carbocycles. The number of benzene rings is 2. The highest BCUT2D eigenvalue weighted by molar-refractivity contribution is 5.97. The largest absolute Gasteiger partial charge is 0.494 e. The van der Waals surface area contributed by atoms with Crippen LogP contribution in [-0.2, 0) is 20.7 Å². The fourth-order valence-electron chi connectivity index (χ4n) is 4.12. The van der Waals surface area contributed by atoms with Crippen LogP contribution in [0.3, 0.4) is 0 Å². The Balaban J connectivity index is 1.44. The van der Waals surface area contributed by atoms with E-state index in [1.807, 2.05) is 60.7 Å². The molecule has 2 aliphatic heterocycles. The van der Waals surface area contributed by atoms with Gasteiger partial charge in [-0.05, 0) is 35.6 Å². The fourth-order valence-corrected chi connectivity index (χ4v) is 4.12. The van der Waals surface area contributed by atoms with Crippen molar-refractivity contribution < 1.29 is 19.4 Å². The first-order chi connectivity index (χ1) is 14.5. The molecule has 0 saturated heterocycles. The lowest BCUT2D eigenvalue weighted by atomic mass is 9.89. The Hall–Kier alpha value is -3.18. The lowest BCUT2D eigenvalue weighted by Gasteiger charge is -2.32. The van der Waals surface area contributed by atoms with Gasteiger partial charge >= 0.3 is 0 Å². The minimum absolute atomic E-state index is 0.0958. The molecule has 0 spiro atoms. The van der Waals surface area contributed by atoms with E-state index in [1.54, 1.807) is 11.1 Å². The topological polar surface area (TPSA) is 66.8 Å². The number of carbonyl (C=O) groups excluding carboxylic acids is 2. The number of Topliss-reactive ketones (excluding diaryl/α,β-unsaturated/α-hetero) is 1. The van der Waals surface area contributed by atoms with E-state index in [0.717, 1.165) is 23.1 Å². The zero-order chi connectivity index (χ0) is 21.1. The van der Waals surface area contributed by atoms with Crippen molar-refractivity contribution in [2.24, 2.45) is 0 Å². The number of aliphatic hydroxyl groups is 1. The van der Waals surface area contributed by atoms with Crippen LogP contribution in [-0.4, -0.2) is 33.9 Å². The van der Waals surface area contributed by atoms with Crippen molar-refractivity contribution in [3.8, 4) is 0 Å². The Kier molecular flexibility index (Phi) is 5.81. The molecular weight excluding hydrogens is 378 g/mol. The number of amides is 1. The SMILES string of the molecule is CC(=O)N1C=Cc2ccccc2C1CC(=O)C1=COC(CCc2ccccc2)C1O. The van der Waals surface area contributed by atoms with Crippen LogP contribution in [0.1, 0.15) is 42.5 Å². The molecule has 4 rings (SSSR count).